The Morgan fingerprint density at radius 2 is 1.91 bits per heavy atom. The number of H-pyrrole nitrogens is 1. The molecule has 4 rings (SSSR count). The highest BCUT2D eigenvalue weighted by Crippen LogP contribution is 2.32. The summed E-state index contributed by atoms with van der Waals surface area (Å²) >= 11 is 1.48. The van der Waals surface area contributed by atoms with Crippen molar-refractivity contribution in [2.45, 2.75) is 19.0 Å². The highest BCUT2D eigenvalue weighted by atomic mass is 32.1. The lowest BCUT2D eigenvalue weighted by Crippen LogP contribution is -2.18. The van der Waals surface area contributed by atoms with Gasteiger partial charge in [0.15, 0.2) is 0 Å². The van der Waals surface area contributed by atoms with Crippen LogP contribution in [0.4, 0.5) is 19.1 Å². The van der Waals surface area contributed by atoms with Crippen LogP contribution >= 0.6 is 11.3 Å². The molecule has 2 N–H and O–H groups in total. The number of halogens is 3. The molecule has 0 saturated carbocycles. The molecule has 0 aliphatic carbocycles. The van der Waals surface area contributed by atoms with Crippen LogP contribution in [0.3, 0.4) is 0 Å². The molecule has 2 aromatic heterocycles. The molecule has 0 bridgehead atoms. The number of benzene rings is 2. The lowest BCUT2D eigenvalue weighted by Gasteiger charge is -2.10. The maximum Gasteiger partial charge on any atom is 0.416 e. The molecule has 0 saturated heterocycles. The van der Waals surface area contributed by atoms with E-state index in [0.29, 0.717) is 36.6 Å². The van der Waals surface area contributed by atoms with Crippen molar-refractivity contribution >= 4 is 17.3 Å². The van der Waals surface area contributed by atoms with E-state index in [9.17, 15) is 18.0 Å². The van der Waals surface area contributed by atoms with E-state index in [1.165, 1.54) is 23.5 Å². The van der Waals surface area contributed by atoms with E-state index < -0.39 is 11.7 Å². The Hall–Kier alpha value is -3.66. The Morgan fingerprint density at radius 3 is 2.61 bits per heavy atom. The Bertz CT molecular complexity index is 1260. The summed E-state index contributed by atoms with van der Waals surface area (Å²) in [7, 11) is 0. The van der Waals surface area contributed by atoms with E-state index in [1.807, 2.05) is 17.5 Å². The number of alkyl halides is 3. The van der Waals surface area contributed by atoms with Crippen molar-refractivity contribution < 1.29 is 17.9 Å². The van der Waals surface area contributed by atoms with Crippen LogP contribution in [0.25, 0.3) is 0 Å². The molecule has 2 aromatic carbocycles. The number of anilines is 1. The lowest BCUT2D eigenvalue weighted by molar-refractivity contribution is -0.137. The Kier molecular flexibility index (Phi) is 6.74. The average molecular weight is 472 g/mol. The SMILES string of the molecule is O=c1nc(NCCc2ccc(Oc3cccc(C(F)(F)F)c3)cc2)[nH]cc1Cc1nccs1. The third-order valence-electron chi connectivity index (χ3n) is 4.72. The molecule has 0 fully saturated rings. The van der Waals surface area contributed by atoms with Gasteiger partial charge >= 0.3 is 6.18 Å². The third-order valence-corrected chi connectivity index (χ3v) is 5.50. The maximum atomic E-state index is 12.8. The number of nitrogens with one attached hydrogen (secondary N) is 2. The summed E-state index contributed by atoms with van der Waals surface area (Å²) in [5, 5.41) is 5.79. The van der Waals surface area contributed by atoms with E-state index >= 15 is 0 Å². The Balaban J connectivity index is 1.29. The zero-order chi connectivity index (χ0) is 23.3. The fourth-order valence-electron chi connectivity index (χ4n) is 3.06. The van der Waals surface area contributed by atoms with E-state index in [-0.39, 0.29) is 11.3 Å². The molecule has 170 valence electrons. The molecule has 0 aliphatic rings. The first-order valence-electron chi connectivity index (χ1n) is 10.0. The van der Waals surface area contributed by atoms with Gasteiger partial charge in [0, 0.05) is 36.3 Å². The van der Waals surface area contributed by atoms with E-state index in [1.54, 1.807) is 24.5 Å². The summed E-state index contributed by atoms with van der Waals surface area (Å²) in [4.78, 5) is 23.4. The number of ether oxygens (including phenoxy) is 1. The minimum Gasteiger partial charge on any atom is -0.457 e. The van der Waals surface area contributed by atoms with Crippen molar-refractivity contribution in [3.05, 3.63) is 98.4 Å². The molecule has 0 spiro atoms. The minimum absolute atomic E-state index is 0.118. The lowest BCUT2D eigenvalue weighted by atomic mass is 10.1. The van der Waals surface area contributed by atoms with Gasteiger partial charge in [-0.25, -0.2) is 4.98 Å². The number of hydrogen-bond acceptors (Lipinski definition) is 6. The molecule has 0 amide bonds. The van der Waals surface area contributed by atoms with Crippen molar-refractivity contribution in [2.75, 3.05) is 11.9 Å². The molecular formula is C23H19F3N4O2S. The van der Waals surface area contributed by atoms with Crippen LogP contribution < -0.4 is 15.6 Å². The standard InChI is InChI=1S/C23H19F3N4O2S/c24-23(25,26)17-2-1-3-19(13-17)32-18-6-4-15(5-7-18)8-9-28-22-29-14-16(21(31)30-22)12-20-27-10-11-33-20/h1-7,10-11,13-14H,8-9,12H2,(H2,28,29,30,31). The maximum absolute atomic E-state index is 12.8. The summed E-state index contributed by atoms with van der Waals surface area (Å²) in [5.41, 5.74) is 0.474. The second-order valence-electron chi connectivity index (χ2n) is 7.13. The van der Waals surface area contributed by atoms with Gasteiger partial charge in [0.2, 0.25) is 5.95 Å². The summed E-state index contributed by atoms with van der Waals surface area (Å²) in [6, 6.07) is 11.8. The molecule has 0 radical (unpaired) electrons. The minimum atomic E-state index is -4.42. The normalized spacial score (nSPS) is 11.4. The smallest absolute Gasteiger partial charge is 0.416 e. The van der Waals surface area contributed by atoms with Crippen molar-refractivity contribution in [1.82, 2.24) is 15.0 Å². The quantitative estimate of drug-likeness (QED) is 0.365. The summed E-state index contributed by atoms with van der Waals surface area (Å²) in [5.74, 6) is 0.938. The van der Waals surface area contributed by atoms with E-state index in [2.05, 4.69) is 20.3 Å². The first-order valence-corrected chi connectivity index (χ1v) is 10.9. The van der Waals surface area contributed by atoms with Gasteiger partial charge in [0.25, 0.3) is 5.56 Å². The van der Waals surface area contributed by atoms with Crippen LogP contribution in [-0.2, 0) is 19.0 Å². The van der Waals surface area contributed by atoms with Crippen molar-refractivity contribution in [3.8, 4) is 11.5 Å². The van der Waals surface area contributed by atoms with Gasteiger partial charge in [-0.05, 0) is 42.3 Å². The van der Waals surface area contributed by atoms with Crippen LogP contribution in [-0.4, -0.2) is 21.5 Å². The molecule has 6 nitrogen and oxygen atoms in total. The molecule has 2 heterocycles. The molecule has 0 unspecified atom stereocenters. The second-order valence-corrected chi connectivity index (χ2v) is 8.11. The van der Waals surface area contributed by atoms with Crippen molar-refractivity contribution in [2.24, 2.45) is 0 Å². The largest absolute Gasteiger partial charge is 0.457 e. The number of rotatable bonds is 8. The summed E-state index contributed by atoms with van der Waals surface area (Å²) < 4.78 is 44.0. The topological polar surface area (TPSA) is 79.9 Å². The molecule has 4 aromatic rings. The molecule has 10 heteroatoms. The van der Waals surface area contributed by atoms with Crippen molar-refractivity contribution in [3.63, 3.8) is 0 Å². The predicted molar refractivity (Wildman–Crippen MR) is 120 cm³/mol. The van der Waals surface area contributed by atoms with Gasteiger partial charge in [-0.3, -0.25) is 4.79 Å². The molecule has 33 heavy (non-hydrogen) atoms. The number of aromatic nitrogens is 3. The monoisotopic (exact) mass is 472 g/mol. The van der Waals surface area contributed by atoms with Gasteiger partial charge in [0.1, 0.15) is 11.5 Å². The number of nitrogens with zero attached hydrogens (tertiary/aromatic N) is 2. The third kappa shape index (κ3) is 6.19. The fraction of sp³-hybridized carbons (Fsp3) is 0.174. The van der Waals surface area contributed by atoms with Gasteiger partial charge in [0.05, 0.1) is 10.6 Å². The summed E-state index contributed by atoms with van der Waals surface area (Å²) in [6.07, 6.45) is 0.00111. The van der Waals surface area contributed by atoms with Gasteiger partial charge < -0.3 is 15.0 Å². The zero-order valence-electron chi connectivity index (χ0n) is 17.2. The van der Waals surface area contributed by atoms with Crippen LogP contribution in [0.2, 0.25) is 0 Å². The molecular weight excluding hydrogens is 453 g/mol. The number of aromatic amines is 1. The van der Waals surface area contributed by atoms with Gasteiger partial charge in [-0.1, -0.05) is 18.2 Å². The second kappa shape index (κ2) is 9.86. The van der Waals surface area contributed by atoms with Gasteiger partial charge in [-0.2, -0.15) is 18.2 Å². The highest BCUT2D eigenvalue weighted by molar-refractivity contribution is 7.09. The van der Waals surface area contributed by atoms with Gasteiger partial charge in [-0.15, -0.1) is 11.3 Å². The molecule has 0 atom stereocenters. The predicted octanol–water partition coefficient (Wildman–Crippen LogP) is 5.28. The number of thiazole rings is 1. The average Bonchev–Trinajstić information content (AvgIpc) is 3.30. The first kappa shape index (κ1) is 22.5. The van der Waals surface area contributed by atoms with Crippen LogP contribution in [0, 0.1) is 0 Å². The van der Waals surface area contributed by atoms with Crippen molar-refractivity contribution in [1.29, 1.82) is 0 Å². The molecule has 0 aliphatic heterocycles. The van der Waals surface area contributed by atoms with Crippen LogP contribution in [0.15, 0.2) is 71.1 Å². The summed E-state index contributed by atoms with van der Waals surface area (Å²) in [6.45, 7) is 0.530. The number of hydrogen-bond donors (Lipinski definition) is 2. The van der Waals surface area contributed by atoms with E-state index in [0.717, 1.165) is 22.7 Å². The highest BCUT2D eigenvalue weighted by Gasteiger charge is 2.30. The zero-order valence-corrected chi connectivity index (χ0v) is 18.0. The van der Waals surface area contributed by atoms with Crippen LogP contribution in [0.1, 0.15) is 21.7 Å². The van der Waals surface area contributed by atoms with Crippen LogP contribution in [0.5, 0.6) is 11.5 Å². The Labute approximate surface area is 191 Å². The first-order chi connectivity index (χ1) is 15.9. The Morgan fingerprint density at radius 1 is 1.09 bits per heavy atom. The fourth-order valence-corrected chi connectivity index (χ4v) is 3.70. The van der Waals surface area contributed by atoms with E-state index in [4.69, 9.17) is 4.74 Å².